The number of carbonyl (C=O) groups is 1. The summed E-state index contributed by atoms with van der Waals surface area (Å²) in [7, 11) is 1.63. The normalized spacial score (nSPS) is 10.8. The number of carbonyl (C=O) groups excluding carboxylic acids is 1. The minimum Gasteiger partial charge on any atom is -0.497 e. The van der Waals surface area contributed by atoms with Crippen LogP contribution in [0, 0.1) is 0 Å². The molecule has 0 saturated carbocycles. The van der Waals surface area contributed by atoms with Crippen LogP contribution in [0.5, 0.6) is 5.75 Å². The van der Waals surface area contributed by atoms with Crippen molar-refractivity contribution in [1.29, 1.82) is 0 Å². The summed E-state index contributed by atoms with van der Waals surface area (Å²) in [6.07, 6.45) is 0. The van der Waals surface area contributed by atoms with E-state index in [0.29, 0.717) is 6.54 Å². The third-order valence-electron chi connectivity index (χ3n) is 2.10. The molecule has 0 unspecified atom stereocenters. The topological polar surface area (TPSA) is 50.4 Å². The minimum atomic E-state index is -0.218. The van der Waals surface area contributed by atoms with Crippen molar-refractivity contribution in [3.8, 4) is 5.75 Å². The maximum Gasteiger partial charge on any atom is 0.315 e. The Morgan fingerprint density at radius 1 is 1.24 bits per heavy atom. The summed E-state index contributed by atoms with van der Waals surface area (Å²) in [5, 5.41) is 5.64. The van der Waals surface area contributed by atoms with Crippen molar-refractivity contribution in [2.75, 3.05) is 7.11 Å². The Morgan fingerprint density at radius 3 is 2.29 bits per heavy atom. The highest BCUT2D eigenvalue weighted by atomic mass is 16.5. The zero-order valence-electron chi connectivity index (χ0n) is 10.8. The molecule has 4 heteroatoms. The van der Waals surface area contributed by atoms with Crippen molar-refractivity contribution < 1.29 is 9.53 Å². The first-order valence-electron chi connectivity index (χ1n) is 5.59. The van der Waals surface area contributed by atoms with Gasteiger partial charge in [0.25, 0.3) is 0 Å². The van der Waals surface area contributed by atoms with E-state index in [4.69, 9.17) is 4.74 Å². The van der Waals surface area contributed by atoms with Crippen LogP contribution in [-0.2, 0) is 6.54 Å². The number of amides is 2. The van der Waals surface area contributed by atoms with Crippen LogP contribution >= 0.6 is 0 Å². The van der Waals surface area contributed by atoms with Gasteiger partial charge < -0.3 is 15.4 Å². The second-order valence-corrected chi connectivity index (χ2v) is 4.91. The van der Waals surface area contributed by atoms with Gasteiger partial charge in [-0.2, -0.15) is 0 Å². The molecule has 2 N–H and O–H groups in total. The minimum absolute atomic E-state index is 0.159. The number of benzene rings is 1. The fourth-order valence-corrected chi connectivity index (χ4v) is 1.31. The van der Waals surface area contributed by atoms with Crippen molar-refractivity contribution in [3.63, 3.8) is 0 Å². The van der Waals surface area contributed by atoms with Gasteiger partial charge in [-0.1, -0.05) is 12.1 Å². The molecule has 1 aromatic carbocycles. The molecule has 0 aliphatic carbocycles. The number of hydrogen-bond donors (Lipinski definition) is 2. The van der Waals surface area contributed by atoms with Crippen molar-refractivity contribution >= 4 is 6.03 Å². The molecule has 17 heavy (non-hydrogen) atoms. The number of hydrogen-bond acceptors (Lipinski definition) is 2. The summed E-state index contributed by atoms with van der Waals surface area (Å²) in [5.41, 5.74) is 0.819. The highest BCUT2D eigenvalue weighted by molar-refractivity contribution is 5.74. The zero-order valence-corrected chi connectivity index (χ0v) is 10.8. The molecule has 94 valence electrons. The van der Waals surface area contributed by atoms with Crippen LogP contribution in [0.25, 0.3) is 0 Å². The summed E-state index contributed by atoms with van der Waals surface area (Å²) in [4.78, 5) is 11.5. The van der Waals surface area contributed by atoms with Gasteiger partial charge in [0, 0.05) is 12.1 Å². The Kier molecular flexibility index (Phi) is 4.37. The van der Waals surface area contributed by atoms with E-state index in [1.54, 1.807) is 7.11 Å². The SMILES string of the molecule is COc1ccc(CNC(=O)NC(C)(C)C)cc1. The molecule has 2 amide bonds. The predicted octanol–water partition coefficient (Wildman–Crippen LogP) is 2.29. The lowest BCUT2D eigenvalue weighted by atomic mass is 10.1. The lowest BCUT2D eigenvalue weighted by Crippen LogP contribution is -2.46. The van der Waals surface area contributed by atoms with Crippen LogP contribution in [0.2, 0.25) is 0 Å². The van der Waals surface area contributed by atoms with E-state index < -0.39 is 0 Å². The molecule has 0 aromatic heterocycles. The first-order chi connectivity index (χ1) is 7.90. The lowest BCUT2D eigenvalue weighted by molar-refractivity contribution is 0.231. The maximum absolute atomic E-state index is 11.5. The molecule has 0 saturated heterocycles. The van der Waals surface area contributed by atoms with Gasteiger partial charge in [-0.25, -0.2) is 4.79 Å². The lowest BCUT2D eigenvalue weighted by Gasteiger charge is -2.20. The van der Waals surface area contributed by atoms with Crippen molar-refractivity contribution in [2.24, 2.45) is 0 Å². The molecule has 4 nitrogen and oxygen atoms in total. The summed E-state index contributed by atoms with van der Waals surface area (Å²) < 4.78 is 5.06. The third-order valence-corrected chi connectivity index (χ3v) is 2.10. The van der Waals surface area contributed by atoms with Crippen molar-refractivity contribution in [3.05, 3.63) is 29.8 Å². The second kappa shape index (κ2) is 5.57. The van der Waals surface area contributed by atoms with Gasteiger partial charge in [-0.15, -0.1) is 0 Å². The van der Waals surface area contributed by atoms with Gasteiger partial charge in [0.1, 0.15) is 5.75 Å². The van der Waals surface area contributed by atoms with E-state index in [2.05, 4.69) is 10.6 Å². The number of urea groups is 1. The summed E-state index contributed by atoms with van der Waals surface area (Å²) >= 11 is 0. The Morgan fingerprint density at radius 2 is 1.82 bits per heavy atom. The Labute approximate surface area is 102 Å². The van der Waals surface area contributed by atoms with Crippen LogP contribution in [-0.4, -0.2) is 18.7 Å². The molecule has 0 heterocycles. The first kappa shape index (κ1) is 13.4. The van der Waals surface area contributed by atoms with Crippen LogP contribution in [0.4, 0.5) is 4.79 Å². The molecule has 0 aliphatic rings. The van der Waals surface area contributed by atoms with Crippen LogP contribution < -0.4 is 15.4 Å². The summed E-state index contributed by atoms with van der Waals surface area (Å²) in [6, 6.07) is 7.44. The Hall–Kier alpha value is -1.71. The molecule has 0 fully saturated rings. The smallest absolute Gasteiger partial charge is 0.315 e. The first-order valence-corrected chi connectivity index (χ1v) is 5.59. The van der Waals surface area contributed by atoms with E-state index in [1.807, 2.05) is 45.0 Å². The number of nitrogens with one attached hydrogen (secondary N) is 2. The van der Waals surface area contributed by atoms with Crippen molar-refractivity contribution in [1.82, 2.24) is 10.6 Å². The summed E-state index contributed by atoms with van der Waals surface area (Å²) in [6.45, 7) is 6.34. The van der Waals surface area contributed by atoms with Crippen LogP contribution in [0.15, 0.2) is 24.3 Å². The Balaban J connectivity index is 2.42. The quantitative estimate of drug-likeness (QED) is 0.846. The summed E-state index contributed by atoms with van der Waals surface area (Å²) in [5.74, 6) is 0.813. The van der Waals surface area contributed by atoms with Gasteiger partial charge in [0.15, 0.2) is 0 Å². The highest BCUT2D eigenvalue weighted by Gasteiger charge is 2.12. The van der Waals surface area contributed by atoms with E-state index in [1.165, 1.54) is 0 Å². The van der Waals surface area contributed by atoms with Gasteiger partial charge >= 0.3 is 6.03 Å². The molecule has 0 aliphatic heterocycles. The maximum atomic E-state index is 11.5. The zero-order chi connectivity index (χ0) is 12.9. The third kappa shape index (κ3) is 5.24. The highest BCUT2D eigenvalue weighted by Crippen LogP contribution is 2.10. The number of rotatable bonds is 3. The molecule has 0 atom stereocenters. The van der Waals surface area contributed by atoms with E-state index in [0.717, 1.165) is 11.3 Å². The van der Waals surface area contributed by atoms with Gasteiger partial charge in [-0.3, -0.25) is 0 Å². The van der Waals surface area contributed by atoms with E-state index in [9.17, 15) is 4.79 Å². The fraction of sp³-hybridized carbons (Fsp3) is 0.462. The molecule has 0 spiro atoms. The fourth-order valence-electron chi connectivity index (χ4n) is 1.31. The van der Waals surface area contributed by atoms with Crippen LogP contribution in [0.1, 0.15) is 26.3 Å². The van der Waals surface area contributed by atoms with Crippen LogP contribution in [0.3, 0.4) is 0 Å². The van der Waals surface area contributed by atoms with Gasteiger partial charge in [-0.05, 0) is 38.5 Å². The molecular formula is C13H20N2O2. The van der Waals surface area contributed by atoms with E-state index >= 15 is 0 Å². The van der Waals surface area contributed by atoms with Gasteiger partial charge in [0.05, 0.1) is 7.11 Å². The standard InChI is InChI=1S/C13H20N2O2/c1-13(2,3)15-12(16)14-9-10-5-7-11(17-4)8-6-10/h5-8H,9H2,1-4H3,(H2,14,15,16). The van der Waals surface area contributed by atoms with Crippen molar-refractivity contribution in [2.45, 2.75) is 32.9 Å². The van der Waals surface area contributed by atoms with E-state index in [-0.39, 0.29) is 11.6 Å². The molecule has 1 rings (SSSR count). The molecule has 0 radical (unpaired) electrons. The monoisotopic (exact) mass is 236 g/mol. The molecule has 0 bridgehead atoms. The second-order valence-electron chi connectivity index (χ2n) is 4.91. The Bertz CT molecular complexity index is 366. The number of methoxy groups -OCH3 is 1. The van der Waals surface area contributed by atoms with Gasteiger partial charge in [0.2, 0.25) is 0 Å². The molecular weight excluding hydrogens is 216 g/mol. The largest absolute Gasteiger partial charge is 0.497 e. The average molecular weight is 236 g/mol. The number of ether oxygens (including phenoxy) is 1. The predicted molar refractivity (Wildman–Crippen MR) is 68.1 cm³/mol. The average Bonchev–Trinajstić information content (AvgIpc) is 2.25. The molecule has 1 aromatic rings.